The van der Waals surface area contributed by atoms with Crippen molar-refractivity contribution < 1.29 is 9.53 Å². The Hall–Kier alpha value is -3.25. The summed E-state index contributed by atoms with van der Waals surface area (Å²) in [5, 5.41) is 0.643. The molecule has 0 fully saturated rings. The minimum Gasteiger partial charge on any atom is -0.494 e. The topological polar surface area (TPSA) is 55.3 Å². The van der Waals surface area contributed by atoms with Crippen LogP contribution in [0.5, 0.6) is 5.75 Å². The number of carbonyl (C=O) groups is 1. The fraction of sp³-hybridized carbons (Fsp3) is 0.174. The van der Waals surface area contributed by atoms with E-state index in [2.05, 4.69) is 4.98 Å². The van der Waals surface area contributed by atoms with Crippen molar-refractivity contribution in [1.82, 2.24) is 9.97 Å². The third kappa shape index (κ3) is 4.27. The standard InChI is InChI=1S/C23H21N3O2S/c1-3-28-19-11-12-20-21(14-19)29-23(25-20)26(15-18-6-4-5-13-24-18)22(27)17-9-7-16(2)8-10-17/h4-14H,3,15H2,1-2H3. The molecule has 4 aromatic rings. The lowest BCUT2D eigenvalue weighted by Gasteiger charge is -2.19. The van der Waals surface area contributed by atoms with E-state index in [1.54, 1.807) is 11.1 Å². The third-order valence-electron chi connectivity index (χ3n) is 4.48. The molecule has 6 heteroatoms. The molecule has 0 aliphatic heterocycles. The molecule has 2 aromatic carbocycles. The van der Waals surface area contributed by atoms with Gasteiger partial charge in [0.15, 0.2) is 5.13 Å². The van der Waals surface area contributed by atoms with Crippen molar-refractivity contribution in [2.45, 2.75) is 20.4 Å². The van der Waals surface area contributed by atoms with Gasteiger partial charge in [0, 0.05) is 11.8 Å². The smallest absolute Gasteiger partial charge is 0.260 e. The van der Waals surface area contributed by atoms with Crippen molar-refractivity contribution in [1.29, 1.82) is 0 Å². The largest absolute Gasteiger partial charge is 0.494 e. The van der Waals surface area contributed by atoms with Crippen LogP contribution in [0.3, 0.4) is 0 Å². The lowest BCUT2D eigenvalue weighted by atomic mass is 10.1. The number of rotatable bonds is 6. The van der Waals surface area contributed by atoms with Gasteiger partial charge in [-0.3, -0.25) is 14.7 Å². The van der Waals surface area contributed by atoms with Gasteiger partial charge in [0.1, 0.15) is 5.75 Å². The maximum absolute atomic E-state index is 13.3. The number of carbonyl (C=O) groups excluding carboxylic acids is 1. The van der Waals surface area contributed by atoms with Crippen LogP contribution >= 0.6 is 11.3 Å². The molecule has 0 spiro atoms. The van der Waals surface area contributed by atoms with E-state index in [1.807, 2.05) is 74.5 Å². The first-order valence-electron chi connectivity index (χ1n) is 9.46. The molecule has 0 saturated heterocycles. The van der Waals surface area contributed by atoms with Crippen LogP contribution in [0.25, 0.3) is 10.2 Å². The average Bonchev–Trinajstić information content (AvgIpc) is 3.16. The molecule has 2 aromatic heterocycles. The number of fused-ring (bicyclic) bond motifs is 1. The molecule has 0 atom stereocenters. The summed E-state index contributed by atoms with van der Waals surface area (Å²) < 4.78 is 6.58. The van der Waals surface area contributed by atoms with Crippen LogP contribution in [0.4, 0.5) is 5.13 Å². The van der Waals surface area contributed by atoms with Crippen LogP contribution in [0.1, 0.15) is 28.5 Å². The lowest BCUT2D eigenvalue weighted by molar-refractivity contribution is 0.0985. The lowest BCUT2D eigenvalue weighted by Crippen LogP contribution is -2.30. The summed E-state index contributed by atoms with van der Waals surface area (Å²) in [6.45, 7) is 4.92. The predicted octanol–water partition coefficient (Wildman–Crippen LogP) is 5.25. The van der Waals surface area contributed by atoms with Crippen molar-refractivity contribution in [3.05, 3.63) is 83.7 Å². The summed E-state index contributed by atoms with van der Waals surface area (Å²) in [7, 11) is 0. The van der Waals surface area contributed by atoms with E-state index in [-0.39, 0.29) is 5.91 Å². The van der Waals surface area contributed by atoms with Crippen molar-refractivity contribution in [3.8, 4) is 5.75 Å². The zero-order valence-electron chi connectivity index (χ0n) is 16.3. The second kappa shape index (κ2) is 8.41. The third-order valence-corrected chi connectivity index (χ3v) is 5.52. The van der Waals surface area contributed by atoms with Gasteiger partial charge in [0.05, 0.1) is 29.1 Å². The zero-order chi connectivity index (χ0) is 20.2. The Bertz CT molecular complexity index is 1120. The molecule has 0 unspecified atom stereocenters. The fourth-order valence-corrected chi connectivity index (χ4v) is 3.99. The number of hydrogen-bond donors (Lipinski definition) is 0. The summed E-state index contributed by atoms with van der Waals surface area (Å²) in [5.74, 6) is 0.705. The molecule has 0 N–H and O–H groups in total. The van der Waals surface area contributed by atoms with Crippen LogP contribution in [0, 0.1) is 6.92 Å². The number of nitrogens with zero attached hydrogens (tertiary/aromatic N) is 3. The summed E-state index contributed by atoms with van der Waals surface area (Å²) in [6.07, 6.45) is 1.73. The number of amides is 1. The number of benzene rings is 2. The second-order valence-corrected chi connectivity index (χ2v) is 7.65. The number of thiazole rings is 1. The quantitative estimate of drug-likeness (QED) is 0.441. The molecule has 2 heterocycles. The molecule has 146 valence electrons. The number of aryl methyl sites for hydroxylation is 1. The van der Waals surface area contributed by atoms with Gasteiger partial charge in [-0.2, -0.15) is 0 Å². The van der Waals surface area contributed by atoms with E-state index in [1.165, 1.54) is 11.3 Å². The van der Waals surface area contributed by atoms with E-state index in [9.17, 15) is 4.79 Å². The first kappa shape index (κ1) is 19.1. The van der Waals surface area contributed by atoms with E-state index >= 15 is 0 Å². The predicted molar refractivity (Wildman–Crippen MR) is 117 cm³/mol. The monoisotopic (exact) mass is 403 g/mol. The van der Waals surface area contributed by atoms with Gasteiger partial charge in [0.25, 0.3) is 5.91 Å². The highest BCUT2D eigenvalue weighted by atomic mass is 32.1. The highest BCUT2D eigenvalue weighted by molar-refractivity contribution is 7.22. The van der Waals surface area contributed by atoms with Crippen molar-refractivity contribution in [3.63, 3.8) is 0 Å². The van der Waals surface area contributed by atoms with Gasteiger partial charge in [0.2, 0.25) is 0 Å². The maximum Gasteiger partial charge on any atom is 0.260 e. The summed E-state index contributed by atoms with van der Waals surface area (Å²) >= 11 is 1.48. The summed E-state index contributed by atoms with van der Waals surface area (Å²) in [5.41, 5.74) is 3.39. The Labute approximate surface area is 173 Å². The maximum atomic E-state index is 13.3. The molecule has 0 aliphatic carbocycles. The molecular formula is C23H21N3O2S. The Morgan fingerprint density at radius 2 is 1.93 bits per heavy atom. The zero-order valence-corrected chi connectivity index (χ0v) is 17.1. The van der Waals surface area contributed by atoms with Crippen molar-refractivity contribution in [2.24, 2.45) is 0 Å². The highest BCUT2D eigenvalue weighted by Gasteiger charge is 2.22. The first-order chi connectivity index (χ1) is 14.1. The molecule has 5 nitrogen and oxygen atoms in total. The Kier molecular flexibility index (Phi) is 5.53. The van der Waals surface area contributed by atoms with Gasteiger partial charge in [-0.05, 0) is 56.3 Å². The van der Waals surface area contributed by atoms with Gasteiger partial charge in [-0.1, -0.05) is 35.1 Å². The molecule has 0 bridgehead atoms. The van der Waals surface area contributed by atoms with Gasteiger partial charge in [-0.25, -0.2) is 4.98 Å². The number of ether oxygens (including phenoxy) is 1. The molecule has 4 rings (SSSR count). The summed E-state index contributed by atoms with van der Waals surface area (Å²) in [4.78, 5) is 24.1. The van der Waals surface area contributed by atoms with Gasteiger partial charge >= 0.3 is 0 Å². The van der Waals surface area contributed by atoms with E-state index in [4.69, 9.17) is 9.72 Å². The van der Waals surface area contributed by atoms with Crippen LogP contribution in [-0.2, 0) is 6.54 Å². The Balaban J connectivity index is 1.73. The van der Waals surface area contributed by atoms with Gasteiger partial charge < -0.3 is 4.74 Å². The second-order valence-electron chi connectivity index (χ2n) is 6.64. The molecule has 0 saturated carbocycles. The SMILES string of the molecule is CCOc1ccc2nc(N(Cc3ccccn3)C(=O)c3ccc(C)cc3)sc2c1. The fourth-order valence-electron chi connectivity index (χ4n) is 3.00. The van der Waals surface area contributed by atoms with Crippen LogP contribution < -0.4 is 9.64 Å². The number of anilines is 1. The normalized spacial score (nSPS) is 10.8. The molecular weight excluding hydrogens is 382 g/mol. The van der Waals surface area contributed by atoms with Crippen LogP contribution in [0.15, 0.2) is 66.9 Å². The van der Waals surface area contributed by atoms with Crippen molar-refractivity contribution in [2.75, 3.05) is 11.5 Å². The molecule has 29 heavy (non-hydrogen) atoms. The summed E-state index contributed by atoms with van der Waals surface area (Å²) in [6, 6.07) is 19.1. The van der Waals surface area contributed by atoms with Crippen molar-refractivity contribution >= 4 is 32.6 Å². The number of aromatic nitrogens is 2. The molecule has 0 aliphatic rings. The molecule has 1 amide bonds. The Morgan fingerprint density at radius 1 is 1.10 bits per heavy atom. The molecule has 0 radical (unpaired) electrons. The van der Waals surface area contributed by atoms with E-state index < -0.39 is 0 Å². The first-order valence-corrected chi connectivity index (χ1v) is 10.3. The highest BCUT2D eigenvalue weighted by Crippen LogP contribution is 2.33. The Morgan fingerprint density at radius 3 is 2.66 bits per heavy atom. The van der Waals surface area contributed by atoms with E-state index in [0.717, 1.165) is 27.2 Å². The van der Waals surface area contributed by atoms with E-state index in [0.29, 0.717) is 23.8 Å². The minimum atomic E-state index is -0.0975. The number of pyridine rings is 1. The van der Waals surface area contributed by atoms with Crippen LogP contribution in [0.2, 0.25) is 0 Å². The number of hydrogen-bond acceptors (Lipinski definition) is 5. The van der Waals surface area contributed by atoms with Gasteiger partial charge in [-0.15, -0.1) is 0 Å². The van der Waals surface area contributed by atoms with Crippen LogP contribution in [-0.4, -0.2) is 22.5 Å². The minimum absolute atomic E-state index is 0.0975. The average molecular weight is 404 g/mol.